The molecule has 1 saturated heterocycles. The topological polar surface area (TPSA) is 98.7 Å². The van der Waals surface area contributed by atoms with E-state index in [0.29, 0.717) is 17.1 Å². The maximum Gasteiger partial charge on any atom is 0.227 e. The molecule has 1 aliphatic heterocycles. The van der Waals surface area contributed by atoms with Crippen LogP contribution in [0.5, 0.6) is 5.75 Å². The second-order valence-corrected chi connectivity index (χ2v) is 4.24. The number of carbonyl (C=O) groups excluding carboxylic acids is 2. The lowest BCUT2D eigenvalue weighted by Crippen LogP contribution is -2.28. The molecule has 1 heterocycles. The van der Waals surface area contributed by atoms with Crippen LogP contribution in [-0.4, -0.2) is 25.5 Å². The fourth-order valence-corrected chi connectivity index (χ4v) is 2.05. The van der Waals surface area contributed by atoms with E-state index in [9.17, 15) is 9.59 Å². The molecule has 96 valence electrons. The molecule has 0 radical (unpaired) electrons. The third-order valence-corrected chi connectivity index (χ3v) is 3.02. The molecule has 6 heteroatoms. The van der Waals surface area contributed by atoms with Gasteiger partial charge in [0.05, 0.1) is 18.7 Å². The van der Waals surface area contributed by atoms with E-state index in [4.69, 9.17) is 16.2 Å². The summed E-state index contributed by atoms with van der Waals surface area (Å²) in [4.78, 5) is 24.5. The van der Waals surface area contributed by atoms with E-state index in [1.807, 2.05) is 0 Å². The van der Waals surface area contributed by atoms with Crippen molar-refractivity contribution in [3.05, 3.63) is 18.2 Å². The van der Waals surface area contributed by atoms with Crippen molar-refractivity contribution < 1.29 is 14.3 Å². The molecule has 0 aromatic heterocycles. The molecule has 0 saturated carbocycles. The Morgan fingerprint density at radius 3 is 2.78 bits per heavy atom. The van der Waals surface area contributed by atoms with Gasteiger partial charge in [-0.05, 0) is 18.2 Å². The van der Waals surface area contributed by atoms with Gasteiger partial charge in [0, 0.05) is 18.7 Å². The van der Waals surface area contributed by atoms with Gasteiger partial charge < -0.3 is 21.1 Å². The Hall–Kier alpha value is -2.24. The van der Waals surface area contributed by atoms with Gasteiger partial charge >= 0.3 is 0 Å². The number of primary amides is 1. The number of hydrogen-bond acceptors (Lipinski definition) is 4. The summed E-state index contributed by atoms with van der Waals surface area (Å²) >= 11 is 0. The minimum atomic E-state index is -0.464. The summed E-state index contributed by atoms with van der Waals surface area (Å²) in [5, 5.41) is 0. The van der Waals surface area contributed by atoms with E-state index in [1.165, 1.54) is 12.0 Å². The fourth-order valence-electron chi connectivity index (χ4n) is 2.05. The number of anilines is 2. The first-order valence-electron chi connectivity index (χ1n) is 5.56. The highest BCUT2D eigenvalue weighted by Crippen LogP contribution is 2.34. The molecule has 1 aromatic rings. The maximum absolute atomic E-state index is 11.9. The Labute approximate surface area is 104 Å². The van der Waals surface area contributed by atoms with Crippen LogP contribution >= 0.6 is 0 Å². The number of hydrogen-bond donors (Lipinski definition) is 2. The van der Waals surface area contributed by atoms with Gasteiger partial charge in [0.2, 0.25) is 11.8 Å². The molecule has 18 heavy (non-hydrogen) atoms. The van der Waals surface area contributed by atoms with Crippen molar-refractivity contribution in [1.82, 2.24) is 0 Å². The second kappa shape index (κ2) is 4.56. The van der Waals surface area contributed by atoms with E-state index in [2.05, 4.69) is 0 Å². The molecule has 0 aliphatic carbocycles. The monoisotopic (exact) mass is 249 g/mol. The van der Waals surface area contributed by atoms with Crippen LogP contribution in [0.4, 0.5) is 11.4 Å². The summed E-state index contributed by atoms with van der Waals surface area (Å²) < 4.78 is 5.19. The van der Waals surface area contributed by atoms with Gasteiger partial charge in [-0.15, -0.1) is 0 Å². The Morgan fingerprint density at radius 1 is 1.50 bits per heavy atom. The predicted octanol–water partition coefficient (Wildman–Crippen LogP) is 0.116. The van der Waals surface area contributed by atoms with Crippen molar-refractivity contribution in [3.63, 3.8) is 0 Å². The Morgan fingerprint density at radius 2 is 2.22 bits per heavy atom. The molecule has 0 spiro atoms. The van der Waals surface area contributed by atoms with Crippen LogP contribution in [-0.2, 0) is 9.59 Å². The van der Waals surface area contributed by atoms with Crippen LogP contribution in [0.25, 0.3) is 0 Å². The molecule has 2 rings (SSSR count). The number of nitrogens with zero attached hydrogens (tertiary/aromatic N) is 1. The molecular formula is C12H15N3O3. The maximum atomic E-state index is 11.9. The molecule has 1 aliphatic rings. The van der Waals surface area contributed by atoms with Crippen LogP contribution in [0.15, 0.2) is 18.2 Å². The lowest BCUT2D eigenvalue weighted by Gasteiger charge is -2.19. The highest BCUT2D eigenvalue weighted by atomic mass is 16.5. The predicted molar refractivity (Wildman–Crippen MR) is 67.1 cm³/mol. The zero-order valence-corrected chi connectivity index (χ0v) is 10.1. The lowest BCUT2D eigenvalue weighted by atomic mass is 10.1. The van der Waals surface area contributed by atoms with Crippen molar-refractivity contribution in [2.24, 2.45) is 11.7 Å². The van der Waals surface area contributed by atoms with Gasteiger partial charge in [-0.1, -0.05) is 0 Å². The number of ether oxygens (including phenoxy) is 1. The first-order chi connectivity index (χ1) is 8.52. The summed E-state index contributed by atoms with van der Waals surface area (Å²) in [6, 6.07) is 5.03. The standard InChI is InChI=1S/C12H15N3O3/c1-18-10-3-2-8(13)5-9(10)15-6-7(12(14)17)4-11(15)16/h2-3,5,7H,4,6,13H2,1H3,(H2,14,17)/t7-/m0/s1. The minimum absolute atomic E-state index is 0.132. The average molecular weight is 249 g/mol. The summed E-state index contributed by atoms with van der Waals surface area (Å²) in [5.74, 6) is -0.525. The van der Waals surface area contributed by atoms with Crippen molar-refractivity contribution in [2.45, 2.75) is 6.42 Å². The number of nitrogen functional groups attached to an aromatic ring is 1. The van der Waals surface area contributed by atoms with Crippen molar-refractivity contribution in [3.8, 4) is 5.75 Å². The summed E-state index contributed by atoms with van der Waals surface area (Å²) in [6.45, 7) is 0.272. The molecular weight excluding hydrogens is 234 g/mol. The minimum Gasteiger partial charge on any atom is -0.495 e. The van der Waals surface area contributed by atoms with Crippen LogP contribution < -0.4 is 21.1 Å². The summed E-state index contributed by atoms with van der Waals surface area (Å²) in [6.07, 6.45) is 0.132. The number of benzene rings is 1. The molecule has 1 fully saturated rings. The number of amides is 2. The van der Waals surface area contributed by atoms with Gasteiger partial charge in [-0.25, -0.2) is 0 Å². The fraction of sp³-hybridized carbons (Fsp3) is 0.333. The Bertz CT molecular complexity index is 501. The quantitative estimate of drug-likeness (QED) is 0.743. The molecule has 4 N–H and O–H groups in total. The number of methoxy groups -OCH3 is 1. The number of nitrogens with two attached hydrogens (primary N) is 2. The Balaban J connectivity index is 2.34. The van der Waals surface area contributed by atoms with Crippen molar-refractivity contribution in [1.29, 1.82) is 0 Å². The number of rotatable bonds is 3. The van der Waals surface area contributed by atoms with Gasteiger partial charge in [0.25, 0.3) is 0 Å². The first kappa shape index (κ1) is 12.2. The van der Waals surface area contributed by atoms with Crippen LogP contribution in [0.2, 0.25) is 0 Å². The summed E-state index contributed by atoms with van der Waals surface area (Å²) in [5.41, 5.74) is 12.0. The van der Waals surface area contributed by atoms with E-state index in [-0.39, 0.29) is 18.9 Å². The smallest absolute Gasteiger partial charge is 0.227 e. The van der Waals surface area contributed by atoms with Crippen molar-refractivity contribution in [2.75, 3.05) is 24.3 Å². The van der Waals surface area contributed by atoms with Crippen LogP contribution in [0.3, 0.4) is 0 Å². The zero-order valence-electron chi connectivity index (χ0n) is 10.1. The molecule has 1 atom stereocenters. The average Bonchev–Trinajstić information content (AvgIpc) is 2.71. The van der Waals surface area contributed by atoms with E-state index in [0.717, 1.165) is 0 Å². The van der Waals surface area contributed by atoms with Gasteiger partial charge in [0.1, 0.15) is 5.75 Å². The molecule has 0 unspecified atom stereocenters. The van der Waals surface area contributed by atoms with Gasteiger partial charge in [-0.2, -0.15) is 0 Å². The van der Waals surface area contributed by atoms with E-state index in [1.54, 1.807) is 18.2 Å². The van der Waals surface area contributed by atoms with E-state index >= 15 is 0 Å². The summed E-state index contributed by atoms with van der Waals surface area (Å²) in [7, 11) is 1.52. The SMILES string of the molecule is COc1ccc(N)cc1N1C[C@@H](C(N)=O)CC1=O. The van der Waals surface area contributed by atoms with Crippen LogP contribution in [0, 0.1) is 5.92 Å². The molecule has 0 bridgehead atoms. The largest absolute Gasteiger partial charge is 0.495 e. The van der Waals surface area contributed by atoms with E-state index < -0.39 is 11.8 Å². The normalized spacial score (nSPS) is 19.1. The van der Waals surface area contributed by atoms with Gasteiger partial charge in [-0.3, -0.25) is 9.59 Å². The highest BCUT2D eigenvalue weighted by molar-refractivity contribution is 6.01. The zero-order chi connectivity index (χ0) is 13.3. The van der Waals surface area contributed by atoms with Gasteiger partial charge in [0.15, 0.2) is 0 Å². The van der Waals surface area contributed by atoms with Crippen LogP contribution in [0.1, 0.15) is 6.42 Å². The molecule has 6 nitrogen and oxygen atoms in total. The third kappa shape index (κ3) is 2.09. The number of carbonyl (C=O) groups is 2. The third-order valence-electron chi connectivity index (χ3n) is 3.02. The van der Waals surface area contributed by atoms with Crippen molar-refractivity contribution >= 4 is 23.2 Å². The molecule has 2 amide bonds. The highest BCUT2D eigenvalue weighted by Gasteiger charge is 2.35. The Kier molecular flexibility index (Phi) is 3.10. The first-order valence-corrected chi connectivity index (χ1v) is 5.56. The second-order valence-electron chi connectivity index (χ2n) is 4.24. The molecule has 1 aromatic carbocycles. The lowest BCUT2D eigenvalue weighted by molar-refractivity contribution is -0.123.